The van der Waals surface area contributed by atoms with Crippen molar-refractivity contribution in [2.75, 3.05) is 13.6 Å². The summed E-state index contributed by atoms with van der Waals surface area (Å²) >= 11 is 0. The summed E-state index contributed by atoms with van der Waals surface area (Å²) in [6.45, 7) is 2.94. The molecule has 0 bridgehead atoms. The van der Waals surface area contributed by atoms with Crippen LogP contribution in [0.3, 0.4) is 0 Å². The molecular formula is C17H20N6O. The van der Waals surface area contributed by atoms with E-state index in [4.69, 9.17) is 5.26 Å². The standard InChI is InChI=1S/C17H20N6O/c1-13-11-15(24)23(10-6-9-20-17(19-2)21-12-18)22-16(13)14-7-4-3-5-8-14/h3-5,7-8,11H,6,9-10H2,1-2H3,(H2,19,20,21). The van der Waals surface area contributed by atoms with Crippen LogP contribution in [0.15, 0.2) is 46.2 Å². The van der Waals surface area contributed by atoms with Crippen molar-refractivity contribution in [3.63, 3.8) is 0 Å². The molecule has 2 N–H and O–H groups in total. The lowest BCUT2D eigenvalue weighted by atomic mass is 10.1. The maximum atomic E-state index is 12.1. The smallest absolute Gasteiger partial charge is 0.267 e. The van der Waals surface area contributed by atoms with E-state index in [-0.39, 0.29) is 5.56 Å². The first-order chi connectivity index (χ1) is 11.7. The largest absolute Gasteiger partial charge is 0.356 e. The number of hydrogen-bond acceptors (Lipinski definition) is 4. The van der Waals surface area contributed by atoms with E-state index in [0.29, 0.717) is 25.5 Å². The molecule has 0 saturated heterocycles. The summed E-state index contributed by atoms with van der Waals surface area (Å²) < 4.78 is 1.47. The third-order valence-electron chi connectivity index (χ3n) is 3.47. The van der Waals surface area contributed by atoms with E-state index in [0.717, 1.165) is 16.8 Å². The highest BCUT2D eigenvalue weighted by molar-refractivity contribution is 5.80. The molecule has 0 spiro atoms. The summed E-state index contributed by atoms with van der Waals surface area (Å²) in [6.07, 6.45) is 2.48. The number of aliphatic imine (C=N–C) groups is 1. The minimum Gasteiger partial charge on any atom is -0.356 e. The van der Waals surface area contributed by atoms with Crippen LogP contribution in [-0.2, 0) is 6.54 Å². The molecule has 1 heterocycles. The maximum absolute atomic E-state index is 12.1. The first-order valence-corrected chi connectivity index (χ1v) is 7.65. The van der Waals surface area contributed by atoms with Gasteiger partial charge in [0.2, 0.25) is 5.96 Å². The average molecular weight is 324 g/mol. The Hall–Kier alpha value is -3.14. The predicted molar refractivity (Wildman–Crippen MR) is 93.4 cm³/mol. The second-order valence-corrected chi connectivity index (χ2v) is 5.19. The number of aryl methyl sites for hydroxylation is 2. The highest BCUT2D eigenvalue weighted by Crippen LogP contribution is 2.18. The van der Waals surface area contributed by atoms with Crippen LogP contribution < -0.4 is 16.2 Å². The Morgan fingerprint density at radius 3 is 2.79 bits per heavy atom. The topological polar surface area (TPSA) is 95.1 Å². The molecule has 2 aromatic rings. The number of benzene rings is 1. The van der Waals surface area contributed by atoms with Gasteiger partial charge in [-0.2, -0.15) is 10.4 Å². The van der Waals surface area contributed by atoms with Crippen molar-refractivity contribution in [2.45, 2.75) is 19.9 Å². The normalized spacial score (nSPS) is 11.0. The van der Waals surface area contributed by atoms with Gasteiger partial charge in [0, 0.05) is 31.8 Å². The number of nitriles is 1. The van der Waals surface area contributed by atoms with Crippen molar-refractivity contribution in [1.82, 2.24) is 20.4 Å². The lowest BCUT2D eigenvalue weighted by molar-refractivity contribution is 0.544. The van der Waals surface area contributed by atoms with E-state index in [1.54, 1.807) is 13.1 Å². The van der Waals surface area contributed by atoms with Gasteiger partial charge >= 0.3 is 0 Å². The molecule has 2 rings (SSSR count). The third kappa shape index (κ3) is 4.43. The molecule has 0 atom stereocenters. The summed E-state index contributed by atoms with van der Waals surface area (Å²) in [4.78, 5) is 16.0. The third-order valence-corrected chi connectivity index (χ3v) is 3.47. The Bertz CT molecular complexity index is 804. The van der Waals surface area contributed by atoms with Gasteiger partial charge in [0.15, 0.2) is 6.19 Å². The van der Waals surface area contributed by atoms with Crippen molar-refractivity contribution in [3.05, 3.63) is 52.3 Å². The molecule has 0 fully saturated rings. The molecule has 0 radical (unpaired) electrons. The minimum absolute atomic E-state index is 0.119. The van der Waals surface area contributed by atoms with Crippen LogP contribution in [0.25, 0.3) is 11.3 Å². The first-order valence-electron chi connectivity index (χ1n) is 7.65. The number of aromatic nitrogens is 2. The van der Waals surface area contributed by atoms with E-state index in [1.807, 2.05) is 43.4 Å². The highest BCUT2D eigenvalue weighted by Gasteiger charge is 2.07. The van der Waals surface area contributed by atoms with Crippen molar-refractivity contribution in [1.29, 1.82) is 5.26 Å². The van der Waals surface area contributed by atoms with E-state index in [2.05, 4.69) is 20.7 Å². The van der Waals surface area contributed by atoms with E-state index < -0.39 is 0 Å². The number of hydrogen-bond donors (Lipinski definition) is 2. The fourth-order valence-electron chi connectivity index (χ4n) is 2.29. The van der Waals surface area contributed by atoms with Crippen LogP contribution in [0.2, 0.25) is 0 Å². The quantitative estimate of drug-likeness (QED) is 0.284. The summed E-state index contributed by atoms with van der Waals surface area (Å²) in [7, 11) is 1.59. The van der Waals surface area contributed by atoms with Crippen molar-refractivity contribution in [3.8, 4) is 17.5 Å². The number of rotatable bonds is 5. The molecule has 1 aromatic carbocycles. The Balaban J connectivity index is 2.06. The SMILES string of the molecule is CN=C(NC#N)NCCCn1nc(-c2ccccc2)c(C)cc1=O. The monoisotopic (exact) mass is 324 g/mol. The number of guanidine groups is 1. The maximum Gasteiger partial charge on any atom is 0.267 e. The van der Waals surface area contributed by atoms with Gasteiger partial charge in [-0.3, -0.25) is 15.1 Å². The Morgan fingerprint density at radius 2 is 2.12 bits per heavy atom. The Morgan fingerprint density at radius 1 is 1.38 bits per heavy atom. The molecular weight excluding hydrogens is 304 g/mol. The molecule has 0 aliphatic heterocycles. The minimum atomic E-state index is -0.119. The molecule has 0 saturated carbocycles. The average Bonchev–Trinajstić information content (AvgIpc) is 2.60. The molecule has 124 valence electrons. The fraction of sp³-hybridized carbons (Fsp3) is 0.294. The van der Waals surface area contributed by atoms with Crippen LogP contribution in [0, 0.1) is 18.4 Å². The van der Waals surface area contributed by atoms with Gasteiger partial charge < -0.3 is 5.32 Å². The molecule has 0 unspecified atom stereocenters. The van der Waals surface area contributed by atoms with Crippen molar-refractivity contribution in [2.24, 2.45) is 4.99 Å². The summed E-state index contributed by atoms with van der Waals surface area (Å²) in [5.41, 5.74) is 2.54. The van der Waals surface area contributed by atoms with Crippen LogP contribution >= 0.6 is 0 Å². The molecule has 0 aliphatic carbocycles. The number of nitrogens with one attached hydrogen (secondary N) is 2. The lowest BCUT2D eigenvalue weighted by Crippen LogP contribution is -2.35. The zero-order valence-corrected chi connectivity index (χ0v) is 13.8. The van der Waals surface area contributed by atoms with E-state index in [9.17, 15) is 4.79 Å². The van der Waals surface area contributed by atoms with E-state index in [1.165, 1.54) is 4.68 Å². The van der Waals surface area contributed by atoms with Gasteiger partial charge in [-0.15, -0.1) is 0 Å². The van der Waals surface area contributed by atoms with Crippen molar-refractivity contribution < 1.29 is 0 Å². The first kappa shape index (κ1) is 17.2. The van der Waals surface area contributed by atoms with Gasteiger partial charge in [0.25, 0.3) is 5.56 Å². The van der Waals surface area contributed by atoms with Gasteiger partial charge in [0.05, 0.1) is 5.69 Å². The van der Waals surface area contributed by atoms with Crippen molar-refractivity contribution >= 4 is 5.96 Å². The predicted octanol–water partition coefficient (Wildman–Crippen LogP) is 1.25. The summed E-state index contributed by atoms with van der Waals surface area (Å²) in [5, 5.41) is 18.5. The highest BCUT2D eigenvalue weighted by atomic mass is 16.1. The van der Waals surface area contributed by atoms with Gasteiger partial charge in [-0.05, 0) is 18.9 Å². The second-order valence-electron chi connectivity index (χ2n) is 5.19. The zero-order valence-electron chi connectivity index (χ0n) is 13.8. The zero-order chi connectivity index (χ0) is 17.4. The van der Waals surface area contributed by atoms with Crippen LogP contribution in [0.4, 0.5) is 0 Å². The Labute approximate surface area is 140 Å². The van der Waals surface area contributed by atoms with Gasteiger partial charge in [0.1, 0.15) is 0 Å². The Kier molecular flexibility index (Phi) is 6.08. The number of nitrogens with zero attached hydrogens (tertiary/aromatic N) is 4. The van der Waals surface area contributed by atoms with E-state index >= 15 is 0 Å². The molecule has 24 heavy (non-hydrogen) atoms. The molecule has 7 heteroatoms. The molecule has 0 aliphatic rings. The molecule has 0 amide bonds. The van der Waals surface area contributed by atoms with Gasteiger partial charge in [-0.25, -0.2) is 4.68 Å². The molecule has 1 aromatic heterocycles. The van der Waals surface area contributed by atoms with Crippen LogP contribution in [-0.4, -0.2) is 29.3 Å². The van der Waals surface area contributed by atoms with Crippen LogP contribution in [0.5, 0.6) is 0 Å². The summed E-state index contributed by atoms with van der Waals surface area (Å²) in [5.74, 6) is 0.409. The lowest BCUT2D eigenvalue weighted by Gasteiger charge is -2.11. The van der Waals surface area contributed by atoms with Gasteiger partial charge in [-0.1, -0.05) is 30.3 Å². The molecule has 7 nitrogen and oxygen atoms in total. The second kappa shape index (κ2) is 8.48. The van der Waals surface area contributed by atoms with Crippen LogP contribution in [0.1, 0.15) is 12.0 Å². The fourth-order valence-corrected chi connectivity index (χ4v) is 2.29. The summed E-state index contributed by atoms with van der Waals surface area (Å²) in [6, 6.07) is 11.4.